The first kappa shape index (κ1) is 13.7. The fraction of sp³-hybridized carbons (Fsp3) is 0.625. The zero-order valence-corrected chi connectivity index (χ0v) is 11.9. The van der Waals surface area contributed by atoms with Crippen LogP contribution in [0.4, 0.5) is 0 Å². The van der Waals surface area contributed by atoms with Gasteiger partial charge in [-0.3, -0.25) is 0 Å². The molecule has 1 aromatic rings. The van der Waals surface area contributed by atoms with Crippen LogP contribution in [0, 0.1) is 0 Å². The van der Waals surface area contributed by atoms with Gasteiger partial charge < -0.3 is 19.9 Å². The van der Waals surface area contributed by atoms with Crippen LogP contribution in [0.25, 0.3) is 0 Å². The third-order valence-electron chi connectivity index (χ3n) is 4.41. The van der Waals surface area contributed by atoms with Gasteiger partial charge in [0.1, 0.15) is 13.2 Å². The largest absolute Gasteiger partial charge is 0.486 e. The second kappa shape index (κ2) is 6.02. The second-order valence-corrected chi connectivity index (χ2v) is 5.79. The number of para-hydroxylation sites is 1. The molecule has 0 unspecified atom stereocenters. The lowest BCUT2D eigenvalue weighted by molar-refractivity contribution is 0.118. The van der Waals surface area contributed by atoms with E-state index in [1.165, 1.54) is 19.3 Å². The Morgan fingerprint density at radius 3 is 2.70 bits per heavy atom. The number of benzene rings is 1. The van der Waals surface area contributed by atoms with Gasteiger partial charge in [0.05, 0.1) is 6.61 Å². The minimum Gasteiger partial charge on any atom is -0.486 e. The van der Waals surface area contributed by atoms with Crippen molar-refractivity contribution in [1.29, 1.82) is 0 Å². The number of fused-ring (bicyclic) bond motifs is 1. The molecule has 0 atom stereocenters. The molecule has 110 valence electrons. The molecule has 1 aliphatic carbocycles. The quantitative estimate of drug-likeness (QED) is 0.886. The van der Waals surface area contributed by atoms with Gasteiger partial charge in [0.25, 0.3) is 0 Å². The van der Waals surface area contributed by atoms with Gasteiger partial charge in [-0.1, -0.05) is 31.4 Å². The van der Waals surface area contributed by atoms with E-state index in [0.29, 0.717) is 19.8 Å². The maximum absolute atomic E-state index is 9.74. The third-order valence-corrected chi connectivity index (χ3v) is 4.41. The molecule has 1 aliphatic heterocycles. The van der Waals surface area contributed by atoms with E-state index in [-0.39, 0.29) is 12.1 Å². The Bertz CT molecular complexity index is 455. The molecule has 4 nitrogen and oxygen atoms in total. The molecule has 1 aromatic carbocycles. The first-order valence-electron chi connectivity index (χ1n) is 7.56. The maximum atomic E-state index is 9.74. The monoisotopic (exact) mass is 277 g/mol. The van der Waals surface area contributed by atoms with Crippen molar-refractivity contribution in [2.24, 2.45) is 0 Å². The van der Waals surface area contributed by atoms with Gasteiger partial charge in [-0.05, 0) is 18.9 Å². The Labute approximate surface area is 120 Å². The lowest BCUT2D eigenvalue weighted by Gasteiger charge is -2.37. The van der Waals surface area contributed by atoms with Crippen LogP contribution in [-0.2, 0) is 6.54 Å². The molecule has 1 saturated carbocycles. The molecule has 0 aromatic heterocycles. The standard InChI is InChI=1S/C16H23NO3/c18-12-16(7-2-1-3-8-16)17-11-13-5-4-6-14-15(13)20-10-9-19-14/h4-6,17-18H,1-3,7-12H2. The molecular formula is C16H23NO3. The summed E-state index contributed by atoms with van der Waals surface area (Å²) in [7, 11) is 0. The smallest absolute Gasteiger partial charge is 0.165 e. The summed E-state index contributed by atoms with van der Waals surface area (Å²) in [5.41, 5.74) is 0.997. The summed E-state index contributed by atoms with van der Waals surface area (Å²) in [6, 6.07) is 6.01. The van der Waals surface area contributed by atoms with Crippen LogP contribution >= 0.6 is 0 Å². The SMILES string of the molecule is OCC1(NCc2cccc3c2OCCO3)CCCCC1. The predicted octanol–water partition coefficient (Wildman–Crippen LogP) is 2.24. The summed E-state index contributed by atoms with van der Waals surface area (Å²) in [5.74, 6) is 1.69. The molecule has 0 saturated heterocycles. The number of nitrogens with one attached hydrogen (secondary N) is 1. The molecular weight excluding hydrogens is 254 g/mol. The number of aliphatic hydroxyl groups excluding tert-OH is 1. The molecule has 0 spiro atoms. The van der Waals surface area contributed by atoms with Crippen molar-refractivity contribution in [3.8, 4) is 11.5 Å². The molecule has 2 N–H and O–H groups in total. The number of hydrogen-bond acceptors (Lipinski definition) is 4. The molecule has 0 amide bonds. The Kier molecular flexibility index (Phi) is 4.13. The molecule has 1 heterocycles. The third kappa shape index (κ3) is 2.76. The van der Waals surface area contributed by atoms with E-state index < -0.39 is 0 Å². The average Bonchev–Trinajstić information content (AvgIpc) is 2.54. The van der Waals surface area contributed by atoms with Gasteiger partial charge in [0.15, 0.2) is 11.5 Å². The predicted molar refractivity (Wildman–Crippen MR) is 77.2 cm³/mol. The van der Waals surface area contributed by atoms with Crippen molar-refractivity contribution in [3.05, 3.63) is 23.8 Å². The van der Waals surface area contributed by atoms with Gasteiger partial charge in [-0.25, -0.2) is 0 Å². The fourth-order valence-corrected chi connectivity index (χ4v) is 3.18. The van der Waals surface area contributed by atoms with Gasteiger partial charge in [0, 0.05) is 17.6 Å². The minimum absolute atomic E-state index is 0.115. The van der Waals surface area contributed by atoms with E-state index in [1.54, 1.807) is 0 Å². The van der Waals surface area contributed by atoms with E-state index >= 15 is 0 Å². The number of aliphatic hydroxyl groups is 1. The fourth-order valence-electron chi connectivity index (χ4n) is 3.18. The highest BCUT2D eigenvalue weighted by atomic mass is 16.6. The maximum Gasteiger partial charge on any atom is 0.165 e. The van der Waals surface area contributed by atoms with Gasteiger partial charge >= 0.3 is 0 Å². The highest BCUT2D eigenvalue weighted by molar-refractivity contribution is 5.47. The number of hydrogen-bond donors (Lipinski definition) is 2. The molecule has 2 aliphatic rings. The topological polar surface area (TPSA) is 50.7 Å². The Morgan fingerprint density at radius 1 is 1.10 bits per heavy atom. The van der Waals surface area contributed by atoms with Crippen molar-refractivity contribution < 1.29 is 14.6 Å². The molecule has 3 rings (SSSR count). The van der Waals surface area contributed by atoms with Crippen LogP contribution < -0.4 is 14.8 Å². The van der Waals surface area contributed by atoms with Crippen molar-refractivity contribution in [2.75, 3.05) is 19.8 Å². The normalized spacial score (nSPS) is 20.6. The zero-order valence-electron chi connectivity index (χ0n) is 11.9. The lowest BCUT2D eigenvalue weighted by atomic mass is 9.82. The first-order valence-corrected chi connectivity index (χ1v) is 7.56. The van der Waals surface area contributed by atoms with Gasteiger partial charge in [-0.15, -0.1) is 0 Å². The number of rotatable bonds is 4. The van der Waals surface area contributed by atoms with Crippen LogP contribution in [0.2, 0.25) is 0 Å². The first-order chi connectivity index (χ1) is 9.83. The van der Waals surface area contributed by atoms with Crippen molar-refractivity contribution >= 4 is 0 Å². The van der Waals surface area contributed by atoms with Crippen LogP contribution in [0.15, 0.2) is 18.2 Å². The zero-order chi connectivity index (χ0) is 13.8. The van der Waals surface area contributed by atoms with Crippen LogP contribution in [0.3, 0.4) is 0 Å². The average molecular weight is 277 g/mol. The minimum atomic E-state index is -0.115. The summed E-state index contributed by atoms with van der Waals surface area (Å²) in [4.78, 5) is 0. The van der Waals surface area contributed by atoms with Crippen LogP contribution in [0.5, 0.6) is 11.5 Å². The number of ether oxygens (including phenoxy) is 2. The van der Waals surface area contributed by atoms with E-state index in [4.69, 9.17) is 9.47 Å². The Morgan fingerprint density at radius 2 is 1.90 bits per heavy atom. The highest BCUT2D eigenvalue weighted by Gasteiger charge is 2.31. The molecule has 0 radical (unpaired) electrons. The van der Waals surface area contributed by atoms with Crippen LogP contribution in [-0.4, -0.2) is 30.5 Å². The van der Waals surface area contributed by atoms with Crippen molar-refractivity contribution in [2.45, 2.75) is 44.2 Å². The van der Waals surface area contributed by atoms with Crippen LogP contribution in [0.1, 0.15) is 37.7 Å². The lowest BCUT2D eigenvalue weighted by Crippen LogP contribution is -2.49. The van der Waals surface area contributed by atoms with Gasteiger partial charge in [0.2, 0.25) is 0 Å². The van der Waals surface area contributed by atoms with Gasteiger partial charge in [-0.2, -0.15) is 0 Å². The Hall–Kier alpha value is -1.26. The molecule has 20 heavy (non-hydrogen) atoms. The Balaban J connectivity index is 1.71. The van der Waals surface area contributed by atoms with Crippen molar-refractivity contribution in [1.82, 2.24) is 5.32 Å². The van der Waals surface area contributed by atoms with Crippen molar-refractivity contribution in [3.63, 3.8) is 0 Å². The summed E-state index contributed by atoms with van der Waals surface area (Å²) in [5, 5.41) is 13.3. The second-order valence-electron chi connectivity index (χ2n) is 5.79. The molecule has 0 bridgehead atoms. The van der Waals surface area contributed by atoms with E-state index in [1.807, 2.05) is 12.1 Å². The van der Waals surface area contributed by atoms with E-state index in [9.17, 15) is 5.11 Å². The van der Waals surface area contributed by atoms with E-state index in [2.05, 4.69) is 11.4 Å². The summed E-state index contributed by atoms with van der Waals surface area (Å²) < 4.78 is 11.3. The highest BCUT2D eigenvalue weighted by Crippen LogP contribution is 2.34. The van der Waals surface area contributed by atoms with E-state index in [0.717, 1.165) is 29.9 Å². The summed E-state index contributed by atoms with van der Waals surface area (Å²) >= 11 is 0. The molecule has 1 fully saturated rings. The summed E-state index contributed by atoms with van der Waals surface area (Å²) in [6.45, 7) is 2.14. The summed E-state index contributed by atoms with van der Waals surface area (Å²) in [6.07, 6.45) is 5.77. The molecule has 4 heteroatoms.